The third kappa shape index (κ3) is 3.66. The Morgan fingerprint density at radius 3 is 2.39 bits per heavy atom. The zero-order valence-electron chi connectivity index (χ0n) is 17.8. The van der Waals surface area contributed by atoms with E-state index in [0.29, 0.717) is 34.2 Å². The van der Waals surface area contributed by atoms with E-state index >= 15 is 0 Å². The molecule has 0 radical (unpaired) electrons. The number of carbonyl (C=O) groups excluding carboxylic acids is 1. The van der Waals surface area contributed by atoms with E-state index in [9.17, 15) is 4.79 Å². The first kappa shape index (κ1) is 20.3. The Morgan fingerprint density at radius 1 is 1.06 bits per heavy atom. The average molecular weight is 417 g/mol. The lowest BCUT2D eigenvalue weighted by atomic mass is 9.99. The first-order valence-corrected chi connectivity index (χ1v) is 9.67. The van der Waals surface area contributed by atoms with E-state index in [1.165, 1.54) is 21.3 Å². The van der Waals surface area contributed by atoms with Gasteiger partial charge in [0.15, 0.2) is 17.3 Å². The second kappa shape index (κ2) is 8.39. The van der Waals surface area contributed by atoms with Crippen LogP contribution in [0.4, 0.5) is 0 Å². The van der Waals surface area contributed by atoms with Gasteiger partial charge in [0.2, 0.25) is 5.75 Å². The number of aromatic amines is 1. The minimum atomic E-state index is -0.209. The molecule has 2 aromatic heterocycles. The molecule has 2 aromatic carbocycles. The van der Waals surface area contributed by atoms with E-state index in [0.717, 1.165) is 16.5 Å². The Bertz CT molecular complexity index is 1260. The molecule has 0 aliphatic carbocycles. The Hall–Kier alpha value is -4.00. The number of carbonyl (C=O) groups is 1. The van der Waals surface area contributed by atoms with E-state index in [2.05, 4.69) is 9.97 Å². The number of Topliss-reactive ketones (excluding diaryl/α,β-unsaturated/α-hetero) is 1. The number of aryl methyl sites for hydroxylation is 1. The fourth-order valence-corrected chi connectivity index (χ4v) is 3.59. The Morgan fingerprint density at radius 2 is 1.77 bits per heavy atom. The van der Waals surface area contributed by atoms with Crippen molar-refractivity contribution in [3.05, 3.63) is 71.9 Å². The van der Waals surface area contributed by atoms with Crippen LogP contribution in [-0.4, -0.2) is 41.6 Å². The predicted molar refractivity (Wildman–Crippen MR) is 120 cm³/mol. The van der Waals surface area contributed by atoms with Crippen molar-refractivity contribution in [1.29, 1.82) is 0 Å². The molecule has 0 bridgehead atoms. The number of aromatic nitrogens is 3. The van der Waals surface area contributed by atoms with Gasteiger partial charge in [0.1, 0.15) is 5.82 Å². The minimum Gasteiger partial charge on any atom is -0.493 e. The molecule has 0 saturated heterocycles. The third-order valence-corrected chi connectivity index (χ3v) is 5.15. The number of rotatable bonds is 7. The Balaban J connectivity index is 1.89. The van der Waals surface area contributed by atoms with Crippen molar-refractivity contribution < 1.29 is 19.0 Å². The van der Waals surface area contributed by atoms with Crippen LogP contribution >= 0.6 is 0 Å². The first-order chi connectivity index (χ1) is 15.1. The fraction of sp³-hybridized carbons (Fsp3) is 0.167. The third-order valence-electron chi connectivity index (χ3n) is 5.15. The molecule has 4 aromatic rings. The minimum absolute atomic E-state index is 0.209. The molecule has 31 heavy (non-hydrogen) atoms. The number of nitrogens with one attached hydrogen (secondary N) is 1. The molecular formula is C24H23N3O4. The lowest BCUT2D eigenvalue weighted by Crippen LogP contribution is -2.09. The van der Waals surface area contributed by atoms with Crippen LogP contribution in [0.25, 0.3) is 22.6 Å². The molecule has 0 atom stereocenters. The smallest absolute Gasteiger partial charge is 0.203 e. The van der Waals surface area contributed by atoms with Crippen molar-refractivity contribution in [2.45, 2.75) is 0 Å². The summed E-state index contributed by atoms with van der Waals surface area (Å²) in [7, 11) is 6.42. The molecule has 4 rings (SSSR count). The maximum atomic E-state index is 13.7. The van der Waals surface area contributed by atoms with Crippen molar-refractivity contribution in [3.8, 4) is 17.2 Å². The number of methoxy groups -OCH3 is 3. The van der Waals surface area contributed by atoms with Gasteiger partial charge in [0.25, 0.3) is 0 Å². The number of fused-ring (bicyclic) bond motifs is 1. The monoisotopic (exact) mass is 417 g/mol. The van der Waals surface area contributed by atoms with Gasteiger partial charge in [-0.15, -0.1) is 0 Å². The SMILES string of the molecule is COc1cc(C(=O)/C(=C/c2c[nH]c3ccccc23)c2nccn2C)cc(OC)c1OC. The maximum absolute atomic E-state index is 13.7. The number of nitrogens with zero attached hydrogens (tertiary/aromatic N) is 2. The maximum Gasteiger partial charge on any atom is 0.203 e. The summed E-state index contributed by atoms with van der Waals surface area (Å²) in [5.74, 6) is 1.61. The number of ketones is 1. The van der Waals surface area contributed by atoms with Crippen molar-refractivity contribution >= 4 is 28.3 Å². The van der Waals surface area contributed by atoms with Crippen LogP contribution in [-0.2, 0) is 7.05 Å². The van der Waals surface area contributed by atoms with Crippen LogP contribution in [0.15, 0.2) is 55.0 Å². The van der Waals surface area contributed by atoms with Crippen molar-refractivity contribution in [1.82, 2.24) is 14.5 Å². The molecule has 0 amide bonds. The first-order valence-electron chi connectivity index (χ1n) is 9.67. The molecule has 0 aliphatic rings. The fourth-order valence-electron chi connectivity index (χ4n) is 3.59. The highest BCUT2D eigenvalue weighted by Crippen LogP contribution is 2.39. The number of hydrogen-bond donors (Lipinski definition) is 1. The van der Waals surface area contributed by atoms with Crippen LogP contribution in [0.2, 0.25) is 0 Å². The standard InChI is InChI=1S/C24H23N3O4/c1-27-10-9-25-24(27)18(11-16-14-26-19-8-6-5-7-17(16)19)22(28)15-12-20(29-2)23(31-4)21(13-15)30-3/h5-14,26H,1-4H3/b18-11-. The van der Waals surface area contributed by atoms with Gasteiger partial charge in [0.05, 0.1) is 26.9 Å². The zero-order chi connectivity index (χ0) is 22.0. The lowest BCUT2D eigenvalue weighted by Gasteiger charge is -2.14. The predicted octanol–water partition coefficient (Wildman–Crippen LogP) is 4.35. The number of benzene rings is 2. The largest absolute Gasteiger partial charge is 0.493 e. The summed E-state index contributed by atoms with van der Waals surface area (Å²) in [6, 6.07) is 11.2. The second-order valence-electron chi connectivity index (χ2n) is 6.95. The summed E-state index contributed by atoms with van der Waals surface area (Å²) >= 11 is 0. The highest BCUT2D eigenvalue weighted by molar-refractivity contribution is 6.32. The second-order valence-corrected chi connectivity index (χ2v) is 6.95. The molecule has 7 nitrogen and oxygen atoms in total. The van der Waals surface area contributed by atoms with Crippen molar-refractivity contribution in [3.63, 3.8) is 0 Å². The van der Waals surface area contributed by atoms with Gasteiger partial charge in [0, 0.05) is 47.7 Å². The molecule has 158 valence electrons. The van der Waals surface area contributed by atoms with Gasteiger partial charge in [-0.05, 0) is 24.3 Å². The molecule has 2 heterocycles. The summed E-state index contributed by atoms with van der Waals surface area (Å²) < 4.78 is 18.0. The average Bonchev–Trinajstić information content (AvgIpc) is 3.41. The van der Waals surface area contributed by atoms with Gasteiger partial charge in [-0.1, -0.05) is 18.2 Å². The number of hydrogen-bond acceptors (Lipinski definition) is 5. The summed E-state index contributed by atoms with van der Waals surface area (Å²) in [5, 5.41) is 1.02. The Labute approximate surface area is 179 Å². The topological polar surface area (TPSA) is 78.4 Å². The van der Waals surface area contributed by atoms with Crippen LogP contribution in [0.5, 0.6) is 17.2 Å². The number of para-hydroxylation sites is 1. The zero-order valence-corrected chi connectivity index (χ0v) is 17.8. The van der Waals surface area contributed by atoms with Crippen LogP contribution < -0.4 is 14.2 Å². The van der Waals surface area contributed by atoms with Crippen molar-refractivity contribution in [2.75, 3.05) is 21.3 Å². The molecule has 0 fully saturated rings. The van der Waals surface area contributed by atoms with Gasteiger partial charge >= 0.3 is 0 Å². The van der Waals surface area contributed by atoms with Crippen LogP contribution in [0, 0.1) is 0 Å². The summed E-state index contributed by atoms with van der Waals surface area (Å²) in [4.78, 5) is 21.4. The molecule has 1 N–H and O–H groups in total. The Kier molecular flexibility index (Phi) is 5.49. The molecular weight excluding hydrogens is 394 g/mol. The summed E-state index contributed by atoms with van der Waals surface area (Å²) in [6.07, 6.45) is 7.21. The highest BCUT2D eigenvalue weighted by Gasteiger charge is 2.23. The van der Waals surface area contributed by atoms with Gasteiger partial charge < -0.3 is 23.8 Å². The van der Waals surface area contributed by atoms with E-state index in [1.807, 2.05) is 48.2 Å². The molecule has 7 heteroatoms. The van der Waals surface area contributed by atoms with Crippen LogP contribution in [0.1, 0.15) is 21.7 Å². The molecule has 0 spiro atoms. The number of imidazole rings is 1. The molecule has 0 aliphatic heterocycles. The van der Waals surface area contributed by atoms with E-state index in [1.54, 1.807) is 24.5 Å². The highest BCUT2D eigenvalue weighted by atomic mass is 16.5. The summed E-state index contributed by atoms with van der Waals surface area (Å²) in [6.45, 7) is 0. The number of allylic oxidation sites excluding steroid dienone is 1. The van der Waals surface area contributed by atoms with E-state index in [-0.39, 0.29) is 5.78 Å². The van der Waals surface area contributed by atoms with Gasteiger partial charge in [-0.25, -0.2) is 4.98 Å². The van der Waals surface area contributed by atoms with Crippen molar-refractivity contribution in [2.24, 2.45) is 7.05 Å². The normalized spacial score (nSPS) is 11.5. The molecule has 0 unspecified atom stereocenters. The summed E-state index contributed by atoms with van der Waals surface area (Å²) in [5.41, 5.74) is 2.75. The van der Waals surface area contributed by atoms with Gasteiger partial charge in [-0.2, -0.15) is 0 Å². The van der Waals surface area contributed by atoms with E-state index in [4.69, 9.17) is 14.2 Å². The van der Waals surface area contributed by atoms with Crippen LogP contribution in [0.3, 0.4) is 0 Å². The van der Waals surface area contributed by atoms with Gasteiger partial charge in [-0.3, -0.25) is 4.79 Å². The van der Waals surface area contributed by atoms with E-state index < -0.39 is 0 Å². The number of H-pyrrole nitrogens is 1. The number of ether oxygens (including phenoxy) is 3. The molecule has 0 saturated carbocycles. The quantitative estimate of drug-likeness (QED) is 0.357. The lowest BCUT2D eigenvalue weighted by molar-refractivity contribution is 0.105.